The maximum atomic E-state index is 6.26. The van der Waals surface area contributed by atoms with E-state index < -0.39 is 0 Å². The van der Waals surface area contributed by atoms with Crippen molar-refractivity contribution < 1.29 is 0 Å². The van der Waals surface area contributed by atoms with Gasteiger partial charge in [0, 0.05) is 32.9 Å². The quantitative estimate of drug-likeness (QED) is 0.427. The van der Waals surface area contributed by atoms with Crippen LogP contribution in [-0.2, 0) is 12.3 Å². The summed E-state index contributed by atoms with van der Waals surface area (Å²) in [7, 11) is 0. The van der Waals surface area contributed by atoms with E-state index in [1.54, 1.807) is 17.8 Å². The largest absolute Gasteiger partial charge is 0.302 e. The van der Waals surface area contributed by atoms with Crippen LogP contribution in [0.1, 0.15) is 18.9 Å². The van der Waals surface area contributed by atoms with Crippen LogP contribution in [0.2, 0.25) is 15.1 Å². The maximum Gasteiger partial charge on any atom is 0.191 e. The lowest BCUT2D eigenvalue weighted by Gasteiger charge is -2.09. The molecular weight excluding hydrogens is 397 g/mol. The molecule has 1 aromatic heterocycles. The van der Waals surface area contributed by atoms with Crippen molar-refractivity contribution in [2.24, 2.45) is 0 Å². The van der Waals surface area contributed by atoms with Gasteiger partial charge in [-0.1, -0.05) is 59.6 Å². The molecule has 3 aromatic rings. The Labute approximate surface area is 166 Å². The van der Waals surface area contributed by atoms with Crippen molar-refractivity contribution in [1.82, 2.24) is 14.8 Å². The zero-order valence-corrected chi connectivity index (χ0v) is 16.6. The fourth-order valence-electron chi connectivity index (χ4n) is 2.41. The van der Waals surface area contributed by atoms with Gasteiger partial charge in [0.05, 0.1) is 0 Å². The van der Waals surface area contributed by atoms with E-state index >= 15 is 0 Å². The number of rotatable bonds is 6. The average Bonchev–Trinajstić information content (AvgIpc) is 2.98. The fourth-order valence-corrected chi connectivity index (χ4v) is 4.06. The highest BCUT2D eigenvalue weighted by Gasteiger charge is 2.14. The Balaban J connectivity index is 1.85. The second-order valence-corrected chi connectivity index (χ2v) is 7.71. The number of hydrogen-bond donors (Lipinski definition) is 0. The molecule has 3 rings (SSSR count). The predicted octanol–water partition coefficient (Wildman–Crippen LogP) is 6.61. The Kier molecular flexibility index (Phi) is 6.29. The first-order valence-corrected chi connectivity index (χ1v) is 9.96. The zero-order valence-electron chi connectivity index (χ0n) is 13.5. The van der Waals surface area contributed by atoms with Crippen LogP contribution in [0.15, 0.2) is 47.6 Å². The average molecular weight is 413 g/mol. The molecular formula is C18H16Cl3N3S. The van der Waals surface area contributed by atoms with Crippen molar-refractivity contribution in [1.29, 1.82) is 0 Å². The van der Waals surface area contributed by atoms with Crippen LogP contribution in [0.5, 0.6) is 0 Å². The first kappa shape index (κ1) is 18.6. The summed E-state index contributed by atoms with van der Waals surface area (Å²) in [6, 6.07) is 13.2. The fraction of sp³-hybridized carbons (Fsp3) is 0.222. The molecule has 25 heavy (non-hydrogen) atoms. The smallest absolute Gasteiger partial charge is 0.191 e. The third kappa shape index (κ3) is 4.50. The summed E-state index contributed by atoms with van der Waals surface area (Å²) in [5, 5.41) is 11.6. The van der Waals surface area contributed by atoms with E-state index in [1.165, 1.54) is 0 Å². The van der Waals surface area contributed by atoms with Gasteiger partial charge < -0.3 is 4.57 Å². The van der Waals surface area contributed by atoms with Gasteiger partial charge in [-0.15, -0.1) is 10.2 Å². The molecule has 0 aliphatic heterocycles. The van der Waals surface area contributed by atoms with Crippen LogP contribution in [0.4, 0.5) is 0 Å². The van der Waals surface area contributed by atoms with Crippen LogP contribution < -0.4 is 0 Å². The summed E-state index contributed by atoms with van der Waals surface area (Å²) in [6.45, 7) is 2.98. The molecule has 0 spiro atoms. The molecule has 0 bridgehead atoms. The Morgan fingerprint density at radius 2 is 1.68 bits per heavy atom. The molecule has 1 heterocycles. The first-order chi connectivity index (χ1) is 12.1. The van der Waals surface area contributed by atoms with Crippen LogP contribution in [-0.4, -0.2) is 14.8 Å². The Hall–Kier alpha value is -1.20. The van der Waals surface area contributed by atoms with Crippen molar-refractivity contribution in [3.05, 3.63) is 63.1 Å². The van der Waals surface area contributed by atoms with Gasteiger partial charge in [-0.05, 0) is 48.4 Å². The van der Waals surface area contributed by atoms with Crippen LogP contribution in [0.25, 0.3) is 11.4 Å². The summed E-state index contributed by atoms with van der Waals surface area (Å²) in [4.78, 5) is 0. The van der Waals surface area contributed by atoms with E-state index in [4.69, 9.17) is 34.8 Å². The van der Waals surface area contributed by atoms with Crippen molar-refractivity contribution >= 4 is 46.6 Å². The van der Waals surface area contributed by atoms with Crippen LogP contribution in [0.3, 0.4) is 0 Å². The van der Waals surface area contributed by atoms with Crippen LogP contribution >= 0.6 is 46.6 Å². The standard InChI is InChI=1S/C18H16Cl3N3S/c1-2-9-24-17(12-3-6-14(19)7-4-12)22-23-18(24)25-11-13-5-8-15(20)10-16(13)21/h3-8,10H,2,9,11H2,1H3. The minimum atomic E-state index is 0.637. The lowest BCUT2D eigenvalue weighted by Crippen LogP contribution is -2.02. The molecule has 0 N–H and O–H groups in total. The topological polar surface area (TPSA) is 30.7 Å². The van der Waals surface area contributed by atoms with E-state index in [-0.39, 0.29) is 0 Å². The molecule has 130 valence electrons. The molecule has 0 unspecified atom stereocenters. The van der Waals surface area contributed by atoms with Gasteiger partial charge in [0.25, 0.3) is 0 Å². The van der Waals surface area contributed by atoms with Crippen molar-refractivity contribution in [3.63, 3.8) is 0 Å². The third-order valence-corrected chi connectivity index (χ3v) is 5.49. The number of nitrogens with zero attached hydrogens (tertiary/aromatic N) is 3. The van der Waals surface area contributed by atoms with Crippen molar-refractivity contribution in [3.8, 4) is 11.4 Å². The van der Waals surface area contributed by atoms with Gasteiger partial charge in [-0.2, -0.15) is 0 Å². The van der Waals surface area contributed by atoms with Gasteiger partial charge >= 0.3 is 0 Å². The molecule has 0 atom stereocenters. The van der Waals surface area contributed by atoms with Crippen LogP contribution in [0, 0.1) is 0 Å². The van der Waals surface area contributed by atoms with Crippen molar-refractivity contribution in [2.75, 3.05) is 0 Å². The molecule has 0 saturated carbocycles. The Morgan fingerprint density at radius 3 is 2.36 bits per heavy atom. The third-order valence-electron chi connectivity index (χ3n) is 3.64. The highest BCUT2D eigenvalue weighted by atomic mass is 35.5. The summed E-state index contributed by atoms with van der Waals surface area (Å²) >= 11 is 19.8. The molecule has 3 nitrogen and oxygen atoms in total. The predicted molar refractivity (Wildman–Crippen MR) is 107 cm³/mol. The van der Waals surface area contributed by atoms with Gasteiger partial charge in [-0.3, -0.25) is 0 Å². The Bertz CT molecular complexity index is 863. The van der Waals surface area contributed by atoms with Crippen molar-refractivity contribution in [2.45, 2.75) is 30.8 Å². The molecule has 7 heteroatoms. The molecule has 0 saturated heterocycles. The molecule has 0 aliphatic rings. The number of hydrogen-bond acceptors (Lipinski definition) is 3. The van der Waals surface area contributed by atoms with E-state index in [1.807, 2.05) is 36.4 Å². The number of benzene rings is 2. The summed E-state index contributed by atoms with van der Waals surface area (Å²) in [5.41, 5.74) is 2.02. The normalized spacial score (nSPS) is 11.0. The van der Waals surface area contributed by atoms with Gasteiger partial charge in [0.2, 0.25) is 0 Å². The number of aromatic nitrogens is 3. The second-order valence-electron chi connectivity index (χ2n) is 5.49. The van der Waals surface area contributed by atoms with Gasteiger partial charge in [0.1, 0.15) is 0 Å². The maximum absolute atomic E-state index is 6.26. The lowest BCUT2D eigenvalue weighted by molar-refractivity contribution is 0.626. The summed E-state index contributed by atoms with van der Waals surface area (Å²) < 4.78 is 2.14. The van der Waals surface area contributed by atoms with E-state index in [0.717, 1.165) is 35.1 Å². The van der Waals surface area contributed by atoms with Gasteiger partial charge in [-0.25, -0.2) is 0 Å². The molecule has 0 amide bonds. The molecule has 2 aromatic carbocycles. The lowest BCUT2D eigenvalue weighted by atomic mass is 10.2. The molecule has 0 aliphatic carbocycles. The molecule has 0 radical (unpaired) electrons. The van der Waals surface area contributed by atoms with E-state index in [9.17, 15) is 0 Å². The van der Waals surface area contributed by atoms with Gasteiger partial charge in [0.15, 0.2) is 11.0 Å². The Morgan fingerprint density at radius 1 is 0.960 bits per heavy atom. The highest BCUT2D eigenvalue weighted by Crippen LogP contribution is 2.30. The summed E-state index contributed by atoms with van der Waals surface area (Å²) in [5.74, 6) is 1.56. The number of halogens is 3. The van der Waals surface area contributed by atoms with E-state index in [2.05, 4.69) is 21.7 Å². The zero-order chi connectivity index (χ0) is 17.8. The first-order valence-electron chi connectivity index (χ1n) is 7.84. The number of thioether (sulfide) groups is 1. The monoisotopic (exact) mass is 411 g/mol. The minimum Gasteiger partial charge on any atom is -0.302 e. The second kappa shape index (κ2) is 8.45. The highest BCUT2D eigenvalue weighted by molar-refractivity contribution is 7.98. The van der Waals surface area contributed by atoms with E-state index in [0.29, 0.717) is 20.8 Å². The molecule has 0 fully saturated rings. The summed E-state index contributed by atoms with van der Waals surface area (Å²) in [6.07, 6.45) is 0.994. The minimum absolute atomic E-state index is 0.637. The SMILES string of the molecule is CCCn1c(SCc2ccc(Cl)cc2Cl)nnc1-c1ccc(Cl)cc1.